The first-order chi connectivity index (χ1) is 13.3. The van der Waals surface area contributed by atoms with Crippen LogP contribution in [0.1, 0.15) is 31.9 Å². The van der Waals surface area contributed by atoms with Crippen LogP contribution in [-0.4, -0.2) is 41.3 Å². The maximum absolute atomic E-state index is 12.5. The normalized spacial score (nSPS) is 15.6. The van der Waals surface area contributed by atoms with Crippen molar-refractivity contribution in [3.05, 3.63) is 59.7 Å². The molecule has 1 aliphatic heterocycles. The van der Waals surface area contributed by atoms with Gasteiger partial charge in [-0.15, -0.1) is 0 Å². The Kier molecular flexibility index (Phi) is 6.43. The molecule has 1 fully saturated rings. The summed E-state index contributed by atoms with van der Waals surface area (Å²) >= 11 is 0. The maximum Gasteiger partial charge on any atom is 0.240 e. The topological polar surface area (TPSA) is 58.6 Å². The molecule has 1 saturated heterocycles. The minimum atomic E-state index is -3.49. The van der Waals surface area contributed by atoms with Crippen molar-refractivity contribution in [2.45, 2.75) is 37.5 Å². The summed E-state index contributed by atoms with van der Waals surface area (Å²) in [6.45, 7) is 10.1. The summed E-state index contributed by atoms with van der Waals surface area (Å²) in [7, 11) is -3.49. The Hall–Kier alpha value is -1.89. The molecular weight excluding hydrogens is 372 g/mol. The van der Waals surface area contributed by atoms with Crippen molar-refractivity contribution in [1.29, 1.82) is 0 Å². The van der Waals surface area contributed by atoms with E-state index >= 15 is 0 Å². The first-order valence-electron chi connectivity index (χ1n) is 9.77. The quantitative estimate of drug-likeness (QED) is 0.805. The summed E-state index contributed by atoms with van der Waals surface area (Å²) in [5.74, 6) is 0. The summed E-state index contributed by atoms with van der Waals surface area (Å²) in [5.41, 5.74) is 3.42. The summed E-state index contributed by atoms with van der Waals surface area (Å²) in [5, 5.41) is 0. The number of benzene rings is 2. The molecule has 2 aromatic carbocycles. The van der Waals surface area contributed by atoms with E-state index in [2.05, 4.69) is 54.7 Å². The molecule has 152 valence electrons. The van der Waals surface area contributed by atoms with Gasteiger partial charge in [0.25, 0.3) is 0 Å². The number of nitrogens with zero attached hydrogens (tertiary/aromatic N) is 1. The third kappa shape index (κ3) is 5.34. The number of nitrogens with one attached hydrogen (secondary N) is 1. The fraction of sp³-hybridized carbons (Fsp3) is 0.455. The van der Waals surface area contributed by atoms with Crippen LogP contribution in [-0.2, 0) is 26.6 Å². The molecule has 0 amide bonds. The van der Waals surface area contributed by atoms with Crippen LogP contribution < -0.4 is 9.62 Å². The zero-order valence-corrected chi connectivity index (χ0v) is 17.8. The molecule has 0 atom stereocenters. The lowest BCUT2D eigenvalue weighted by atomic mass is 9.87. The Bertz CT molecular complexity index is 863. The lowest BCUT2D eigenvalue weighted by Crippen LogP contribution is -2.36. The van der Waals surface area contributed by atoms with Crippen molar-refractivity contribution >= 4 is 15.7 Å². The van der Waals surface area contributed by atoms with E-state index in [0.717, 1.165) is 37.4 Å². The molecule has 0 bridgehead atoms. The molecule has 28 heavy (non-hydrogen) atoms. The van der Waals surface area contributed by atoms with E-state index in [-0.39, 0.29) is 5.41 Å². The molecule has 1 N–H and O–H groups in total. The van der Waals surface area contributed by atoms with Gasteiger partial charge >= 0.3 is 0 Å². The lowest BCUT2D eigenvalue weighted by Gasteiger charge is -2.28. The first-order valence-corrected chi connectivity index (χ1v) is 11.3. The summed E-state index contributed by atoms with van der Waals surface area (Å²) < 4.78 is 33.1. The Morgan fingerprint density at radius 2 is 1.57 bits per heavy atom. The molecule has 3 rings (SSSR count). The van der Waals surface area contributed by atoms with Crippen LogP contribution in [0.5, 0.6) is 0 Å². The Morgan fingerprint density at radius 1 is 0.964 bits per heavy atom. The van der Waals surface area contributed by atoms with E-state index in [0.29, 0.717) is 17.9 Å². The third-order valence-electron chi connectivity index (χ3n) is 5.05. The summed E-state index contributed by atoms with van der Waals surface area (Å²) in [4.78, 5) is 2.61. The molecule has 0 radical (unpaired) electrons. The molecule has 1 aliphatic rings. The number of anilines is 1. The lowest BCUT2D eigenvalue weighted by molar-refractivity contribution is 0.122. The van der Waals surface area contributed by atoms with Gasteiger partial charge in [0.15, 0.2) is 0 Å². The van der Waals surface area contributed by atoms with E-state index in [1.54, 1.807) is 12.1 Å². The second kappa shape index (κ2) is 8.64. The highest BCUT2D eigenvalue weighted by Gasteiger charge is 2.17. The molecule has 2 aromatic rings. The minimum Gasteiger partial charge on any atom is -0.378 e. The van der Waals surface area contributed by atoms with Crippen LogP contribution >= 0.6 is 0 Å². The van der Waals surface area contributed by atoms with Crippen molar-refractivity contribution in [3.8, 4) is 0 Å². The molecule has 0 unspecified atom stereocenters. The van der Waals surface area contributed by atoms with Crippen molar-refractivity contribution in [3.63, 3.8) is 0 Å². The molecule has 6 heteroatoms. The van der Waals surface area contributed by atoms with Gasteiger partial charge in [-0.1, -0.05) is 45.0 Å². The molecule has 0 saturated carbocycles. The molecular formula is C22H30N2O3S. The fourth-order valence-electron chi connectivity index (χ4n) is 3.24. The molecule has 1 heterocycles. The molecule has 5 nitrogen and oxygen atoms in total. The number of rotatable bonds is 6. The standard InChI is InChI=1S/C22H30N2O3S/c1-22(2,3)19-6-10-21(11-7-19)28(25,26)23-13-12-18-4-8-20(9-5-18)24-14-16-27-17-15-24/h4-11,23H,12-17H2,1-3H3. The minimum absolute atomic E-state index is 0.00308. The zero-order chi connectivity index (χ0) is 20.2. The molecule has 0 aromatic heterocycles. The van der Waals surface area contributed by atoms with Gasteiger partial charge in [0.1, 0.15) is 0 Å². The Labute approximate surface area is 168 Å². The smallest absolute Gasteiger partial charge is 0.240 e. The number of sulfonamides is 1. The van der Waals surface area contributed by atoms with Gasteiger partial charge in [-0.2, -0.15) is 0 Å². The SMILES string of the molecule is CC(C)(C)c1ccc(S(=O)(=O)NCCc2ccc(N3CCOCC3)cc2)cc1. The van der Waals surface area contributed by atoms with Crippen molar-refractivity contribution in [1.82, 2.24) is 4.72 Å². The van der Waals surface area contributed by atoms with E-state index in [1.807, 2.05) is 12.1 Å². The van der Waals surface area contributed by atoms with Gasteiger partial charge in [0, 0.05) is 25.3 Å². The number of morpholine rings is 1. The summed E-state index contributed by atoms with van der Waals surface area (Å²) in [6.07, 6.45) is 0.655. The second-order valence-corrected chi connectivity index (χ2v) is 9.95. The van der Waals surface area contributed by atoms with Crippen LogP contribution in [0.2, 0.25) is 0 Å². The first kappa shape index (κ1) is 20.8. The maximum atomic E-state index is 12.5. The van der Waals surface area contributed by atoms with Crippen LogP contribution in [0.3, 0.4) is 0 Å². The van der Waals surface area contributed by atoms with Gasteiger partial charge in [-0.05, 0) is 47.2 Å². The van der Waals surface area contributed by atoms with Crippen molar-refractivity contribution in [2.75, 3.05) is 37.7 Å². The average molecular weight is 403 g/mol. The highest BCUT2D eigenvalue weighted by molar-refractivity contribution is 7.89. The predicted molar refractivity (Wildman–Crippen MR) is 114 cm³/mol. The predicted octanol–water partition coefficient (Wildman–Crippen LogP) is 3.34. The Morgan fingerprint density at radius 3 is 2.14 bits per heavy atom. The summed E-state index contributed by atoms with van der Waals surface area (Å²) in [6, 6.07) is 15.5. The van der Waals surface area contributed by atoms with E-state index in [9.17, 15) is 8.42 Å². The number of hydrogen-bond donors (Lipinski definition) is 1. The monoisotopic (exact) mass is 402 g/mol. The van der Waals surface area contributed by atoms with Gasteiger partial charge in [0.2, 0.25) is 10.0 Å². The largest absolute Gasteiger partial charge is 0.378 e. The fourth-order valence-corrected chi connectivity index (χ4v) is 4.27. The van der Waals surface area contributed by atoms with Gasteiger partial charge in [-0.25, -0.2) is 13.1 Å². The second-order valence-electron chi connectivity index (χ2n) is 8.19. The van der Waals surface area contributed by atoms with Crippen LogP contribution in [0.25, 0.3) is 0 Å². The van der Waals surface area contributed by atoms with Gasteiger partial charge in [0.05, 0.1) is 18.1 Å². The van der Waals surface area contributed by atoms with Crippen molar-refractivity contribution in [2.24, 2.45) is 0 Å². The van der Waals surface area contributed by atoms with Gasteiger partial charge in [-0.3, -0.25) is 0 Å². The van der Waals surface area contributed by atoms with Crippen LogP contribution in [0, 0.1) is 0 Å². The molecule has 0 spiro atoms. The number of ether oxygens (including phenoxy) is 1. The van der Waals surface area contributed by atoms with Crippen molar-refractivity contribution < 1.29 is 13.2 Å². The average Bonchev–Trinajstić information content (AvgIpc) is 2.68. The van der Waals surface area contributed by atoms with E-state index in [4.69, 9.17) is 4.74 Å². The zero-order valence-electron chi connectivity index (χ0n) is 16.9. The third-order valence-corrected chi connectivity index (χ3v) is 6.53. The highest BCUT2D eigenvalue weighted by atomic mass is 32.2. The van der Waals surface area contributed by atoms with Crippen LogP contribution in [0.15, 0.2) is 53.4 Å². The van der Waals surface area contributed by atoms with E-state index < -0.39 is 10.0 Å². The highest BCUT2D eigenvalue weighted by Crippen LogP contribution is 2.23. The van der Waals surface area contributed by atoms with Gasteiger partial charge < -0.3 is 9.64 Å². The molecule has 0 aliphatic carbocycles. The number of hydrogen-bond acceptors (Lipinski definition) is 4. The Balaban J connectivity index is 1.55. The van der Waals surface area contributed by atoms with Crippen LogP contribution in [0.4, 0.5) is 5.69 Å². The van der Waals surface area contributed by atoms with E-state index in [1.165, 1.54) is 5.69 Å².